The molecule has 0 radical (unpaired) electrons. The van der Waals surface area contributed by atoms with Crippen molar-refractivity contribution in [2.24, 2.45) is 5.10 Å². The third kappa shape index (κ3) is 5.07. The summed E-state index contributed by atoms with van der Waals surface area (Å²) >= 11 is 5.79. The molecule has 10 heteroatoms. The number of sulfonamides is 1. The molecule has 4 N–H and O–H groups in total. The molecule has 0 bridgehead atoms. The van der Waals surface area contributed by atoms with E-state index in [1.807, 2.05) is 0 Å². The second kappa shape index (κ2) is 8.85. The van der Waals surface area contributed by atoms with Gasteiger partial charge in [0.1, 0.15) is 0 Å². The van der Waals surface area contributed by atoms with E-state index in [1.165, 1.54) is 54.6 Å². The molecule has 0 heterocycles. The number of phenolic OH excluding ortho intramolecular Hbond substituents is 2. The standard InChI is InChI=1S/C20H16ClN3O5S/c21-15-7-9-16(10-8-15)24-30(28,29)17-5-1-3-13(11-17)20(27)23-22-12-14-4-2-6-18(25)19(14)26/h1-12,24-26H,(H,23,27)/b22-12-. The molecule has 3 aromatic rings. The lowest BCUT2D eigenvalue weighted by atomic mass is 10.2. The Morgan fingerprint density at radius 3 is 2.43 bits per heavy atom. The number of nitrogens with one attached hydrogen (secondary N) is 2. The summed E-state index contributed by atoms with van der Waals surface area (Å²) in [5.41, 5.74) is 2.82. The Labute approximate surface area is 177 Å². The van der Waals surface area contributed by atoms with Crippen LogP contribution in [0.2, 0.25) is 5.02 Å². The first kappa shape index (κ1) is 21.2. The van der Waals surface area contributed by atoms with Crippen LogP contribution in [-0.4, -0.2) is 30.8 Å². The van der Waals surface area contributed by atoms with Crippen LogP contribution >= 0.6 is 11.6 Å². The number of carbonyl (C=O) groups excluding carboxylic acids is 1. The predicted octanol–water partition coefficient (Wildman–Crippen LogP) is 3.32. The number of para-hydroxylation sites is 1. The molecule has 3 aromatic carbocycles. The number of aromatic hydroxyl groups is 2. The Balaban J connectivity index is 1.74. The molecular formula is C20H16ClN3O5S. The van der Waals surface area contributed by atoms with Crippen LogP contribution in [-0.2, 0) is 10.0 Å². The van der Waals surface area contributed by atoms with Crippen molar-refractivity contribution in [3.8, 4) is 11.5 Å². The highest BCUT2D eigenvalue weighted by atomic mass is 35.5. The quantitative estimate of drug-likeness (QED) is 0.263. The average molecular weight is 446 g/mol. The lowest BCUT2D eigenvalue weighted by Crippen LogP contribution is -2.19. The fraction of sp³-hybridized carbons (Fsp3) is 0. The number of nitrogens with zero attached hydrogens (tertiary/aromatic N) is 1. The van der Waals surface area contributed by atoms with E-state index in [9.17, 15) is 23.4 Å². The summed E-state index contributed by atoms with van der Waals surface area (Å²) in [5.74, 6) is -1.36. The first-order valence-corrected chi connectivity index (χ1v) is 10.4. The van der Waals surface area contributed by atoms with Crippen molar-refractivity contribution in [1.82, 2.24) is 5.43 Å². The number of phenols is 2. The van der Waals surface area contributed by atoms with Crippen molar-refractivity contribution in [2.45, 2.75) is 4.90 Å². The molecule has 154 valence electrons. The molecule has 3 rings (SSSR count). The molecule has 1 amide bonds. The maximum Gasteiger partial charge on any atom is 0.271 e. The molecule has 0 aliphatic rings. The van der Waals surface area contributed by atoms with Crippen LogP contribution in [0.3, 0.4) is 0 Å². The number of halogens is 1. The van der Waals surface area contributed by atoms with Crippen molar-refractivity contribution in [1.29, 1.82) is 0 Å². The zero-order chi connectivity index (χ0) is 21.7. The van der Waals surface area contributed by atoms with E-state index in [0.717, 1.165) is 6.21 Å². The average Bonchev–Trinajstić information content (AvgIpc) is 2.73. The normalized spacial score (nSPS) is 11.4. The summed E-state index contributed by atoms with van der Waals surface area (Å²) in [5, 5.41) is 23.3. The van der Waals surface area contributed by atoms with Gasteiger partial charge in [-0.25, -0.2) is 13.8 Å². The molecule has 8 nitrogen and oxygen atoms in total. The largest absolute Gasteiger partial charge is 0.504 e. The SMILES string of the molecule is O=C(N/N=C\c1cccc(O)c1O)c1cccc(S(=O)(=O)Nc2ccc(Cl)cc2)c1. The minimum Gasteiger partial charge on any atom is -0.504 e. The molecule has 0 spiro atoms. The maximum atomic E-state index is 12.6. The zero-order valence-corrected chi connectivity index (χ0v) is 16.9. The summed E-state index contributed by atoms with van der Waals surface area (Å²) in [6, 6.07) is 15.8. The third-order valence-corrected chi connectivity index (χ3v) is 5.55. The number of hydrazone groups is 1. The van der Waals surface area contributed by atoms with E-state index in [0.29, 0.717) is 10.7 Å². The van der Waals surface area contributed by atoms with Gasteiger partial charge in [0.05, 0.1) is 11.1 Å². The molecule has 0 aromatic heterocycles. The summed E-state index contributed by atoms with van der Waals surface area (Å²) in [6.45, 7) is 0. The van der Waals surface area contributed by atoms with Gasteiger partial charge in [0.15, 0.2) is 11.5 Å². The molecule has 0 atom stereocenters. The summed E-state index contributed by atoms with van der Waals surface area (Å²) in [4.78, 5) is 12.2. The van der Waals surface area contributed by atoms with Crippen molar-refractivity contribution in [2.75, 3.05) is 4.72 Å². The molecule has 0 fully saturated rings. The maximum absolute atomic E-state index is 12.6. The van der Waals surface area contributed by atoms with Crippen LogP contribution in [0.5, 0.6) is 11.5 Å². The number of hydrogen-bond acceptors (Lipinski definition) is 6. The summed E-state index contributed by atoms with van der Waals surface area (Å²) in [6.07, 6.45) is 1.15. The van der Waals surface area contributed by atoms with Gasteiger partial charge < -0.3 is 10.2 Å². The van der Waals surface area contributed by atoms with Crippen molar-refractivity contribution >= 4 is 39.4 Å². The zero-order valence-electron chi connectivity index (χ0n) is 15.3. The van der Waals surface area contributed by atoms with Gasteiger partial charge in [0, 0.05) is 21.8 Å². The van der Waals surface area contributed by atoms with Crippen LogP contribution in [0, 0.1) is 0 Å². The monoisotopic (exact) mass is 445 g/mol. The second-order valence-electron chi connectivity index (χ2n) is 6.05. The van der Waals surface area contributed by atoms with E-state index in [2.05, 4.69) is 15.2 Å². The topological polar surface area (TPSA) is 128 Å². The number of hydrogen-bond donors (Lipinski definition) is 4. The summed E-state index contributed by atoms with van der Waals surface area (Å²) in [7, 11) is -3.93. The fourth-order valence-corrected chi connectivity index (χ4v) is 3.64. The molecular weight excluding hydrogens is 430 g/mol. The Bertz CT molecular complexity index is 1210. The number of amides is 1. The van der Waals surface area contributed by atoms with E-state index in [1.54, 1.807) is 12.1 Å². The summed E-state index contributed by atoms with van der Waals surface area (Å²) < 4.78 is 27.6. The number of carbonyl (C=O) groups is 1. The van der Waals surface area contributed by atoms with Gasteiger partial charge in [-0.1, -0.05) is 23.7 Å². The molecule has 30 heavy (non-hydrogen) atoms. The van der Waals surface area contributed by atoms with E-state index >= 15 is 0 Å². The molecule has 0 aliphatic carbocycles. The van der Waals surface area contributed by atoms with Gasteiger partial charge in [-0.2, -0.15) is 5.10 Å². The highest BCUT2D eigenvalue weighted by molar-refractivity contribution is 7.92. The van der Waals surface area contributed by atoms with Crippen LogP contribution in [0.4, 0.5) is 5.69 Å². The van der Waals surface area contributed by atoms with Gasteiger partial charge in [0.2, 0.25) is 0 Å². The van der Waals surface area contributed by atoms with E-state index < -0.39 is 15.9 Å². The third-order valence-electron chi connectivity index (χ3n) is 3.92. The van der Waals surface area contributed by atoms with E-state index in [4.69, 9.17) is 11.6 Å². The minimum absolute atomic E-state index is 0.0614. The Kier molecular flexibility index (Phi) is 6.24. The van der Waals surface area contributed by atoms with Crippen LogP contribution in [0.1, 0.15) is 15.9 Å². The van der Waals surface area contributed by atoms with Gasteiger partial charge >= 0.3 is 0 Å². The molecule has 0 unspecified atom stereocenters. The van der Waals surface area contributed by atoms with Crippen LogP contribution in [0.15, 0.2) is 76.7 Å². The van der Waals surface area contributed by atoms with Crippen LogP contribution in [0.25, 0.3) is 0 Å². The highest BCUT2D eigenvalue weighted by Crippen LogP contribution is 2.26. The Morgan fingerprint density at radius 2 is 1.70 bits per heavy atom. The predicted molar refractivity (Wildman–Crippen MR) is 114 cm³/mol. The van der Waals surface area contributed by atoms with Crippen LogP contribution < -0.4 is 10.1 Å². The first-order valence-electron chi connectivity index (χ1n) is 8.49. The van der Waals surface area contributed by atoms with E-state index in [-0.39, 0.29) is 27.5 Å². The Hall–Kier alpha value is -3.56. The molecule has 0 saturated heterocycles. The number of anilines is 1. The minimum atomic E-state index is -3.93. The molecule has 0 aliphatic heterocycles. The van der Waals surface area contributed by atoms with Gasteiger partial charge in [-0.05, 0) is 54.6 Å². The fourth-order valence-electron chi connectivity index (χ4n) is 2.41. The Morgan fingerprint density at radius 1 is 1.00 bits per heavy atom. The first-order chi connectivity index (χ1) is 14.3. The lowest BCUT2D eigenvalue weighted by Gasteiger charge is -2.09. The van der Waals surface area contributed by atoms with Gasteiger partial charge in [0.25, 0.3) is 15.9 Å². The van der Waals surface area contributed by atoms with Crippen molar-refractivity contribution in [3.63, 3.8) is 0 Å². The van der Waals surface area contributed by atoms with Crippen molar-refractivity contribution < 1.29 is 23.4 Å². The number of rotatable bonds is 6. The van der Waals surface area contributed by atoms with Gasteiger partial charge in [-0.3, -0.25) is 9.52 Å². The molecule has 0 saturated carbocycles. The van der Waals surface area contributed by atoms with Gasteiger partial charge in [-0.15, -0.1) is 0 Å². The second-order valence-corrected chi connectivity index (χ2v) is 8.17. The van der Waals surface area contributed by atoms with Crippen molar-refractivity contribution in [3.05, 3.63) is 82.9 Å². The number of benzene rings is 3. The lowest BCUT2D eigenvalue weighted by molar-refractivity contribution is 0.0955. The smallest absolute Gasteiger partial charge is 0.271 e. The highest BCUT2D eigenvalue weighted by Gasteiger charge is 2.16.